The lowest BCUT2D eigenvalue weighted by atomic mass is 9.73. The van der Waals surface area contributed by atoms with Gasteiger partial charge in [0.05, 0.1) is 30.9 Å². The Morgan fingerprint density at radius 3 is 2.82 bits per heavy atom. The van der Waals surface area contributed by atoms with E-state index < -0.39 is 5.41 Å². The van der Waals surface area contributed by atoms with Crippen molar-refractivity contribution in [3.8, 4) is 5.75 Å². The zero-order valence-electron chi connectivity index (χ0n) is 13.1. The summed E-state index contributed by atoms with van der Waals surface area (Å²) in [7, 11) is 1.39. The highest BCUT2D eigenvalue weighted by atomic mass is 79.9. The Kier molecular flexibility index (Phi) is 5.27. The van der Waals surface area contributed by atoms with Crippen LogP contribution in [-0.4, -0.2) is 30.8 Å². The Hall–Kier alpha value is -1.36. The fraction of sp³-hybridized carbons (Fsp3) is 0.529. The third-order valence-electron chi connectivity index (χ3n) is 4.46. The molecule has 0 spiro atoms. The first-order valence-corrected chi connectivity index (χ1v) is 8.48. The molecule has 5 heteroatoms. The van der Waals surface area contributed by atoms with Crippen LogP contribution in [0.15, 0.2) is 18.2 Å². The van der Waals surface area contributed by atoms with Crippen molar-refractivity contribution in [2.75, 3.05) is 19.0 Å². The molecule has 1 aliphatic rings. The maximum Gasteiger partial charge on any atom is 0.306 e. The van der Waals surface area contributed by atoms with Crippen molar-refractivity contribution in [1.29, 1.82) is 0 Å². The number of halogens is 1. The zero-order valence-corrected chi connectivity index (χ0v) is 14.7. The summed E-state index contributed by atoms with van der Waals surface area (Å²) in [6, 6.07) is 5.83. The van der Waals surface area contributed by atoms with Gasteiger partial charge in [-0.3, -0.25) is 9.59 Å². The van der Waals surface area contributed by atoms with Gasteiger partial charge in [-0.2, -0.15) is 0 Å². The summed E-state index contributed by atoms with van der Waals surface area (Å²) < 4.78 is 10.6. The first-order valence-electron chi connectivity index (χ1n) is 7.36. The minimum absolute atomic E-state index is 0.0242. The third-order valence-corrected chi connectivity index (χ3v) is 4.97. The highest BCUT2D eigenvalue weighted by molar-refractivity contribution is 9.09. The van der Waals surface area contributed by atoms with Crippen LogP contribution in [0, 0.1) is 0 Å². The predicted molar refractivity (Wildman–Crippen MR) is 87.8 cm³/mol. The minimum atomic E-state index is -0.544. The number of hydrogen-bond acceptors (Lipinski definition) is 4. The van der Waals surface area contributed by atoms with Gasteiger partial charge in [0.2, 0.25) is 0 Å². The SMILES string of the molecule is COC(=O)C[C@H](C)c1cccc2c1OCC[C@@]2(C)C(=O)CBr. The molecule has 0 saturated heterocycles. The average molecular weight is 369 g/mol. The number of carbonyl (C=O) groups is 2. The van der Waals surface area contributed by atoms with Crippen molar-refractivity contribution >= 4 is 27.7 Å². The molecule has 0 radical (unpaired) electrons. The van der Waals surface area contributed by atoms with Crippen molar-refractivity contribution in [2.45, 2.75) is 38.0 Å². The molecule has 22 heavy (non-hydrogen) atoms. The van der Waals surface area contributed by atoms with E-state index in [1.807, 2.05) is 32.0 Å². The van der Waals surface area contributed by atoms with Gasteiger partial charge in [-0.25, -0.2) is 0 Å². The second-order valence-electron chi connectivity index (χ2n) is 5.89. The Labute approximate surface area is 139 Å². The summed E-state index contributed by atoms with van der Waals surface area (Å²) in [4.78, 5) is 23.9. The van der Waals surface area contributed by atoms with Gasteiger partial charge in [-0.05, 0) is 24.8 Å². The Bertz CT molecular complexity index is 584. The van der Waals surface area contributed by atoms with E-state index >= 15 is 0 Å². The number of carbonyl (C=O) groups excluding carboxylic acids is 2. The molecule has 0 amide bonds. The van der Waals surface area contributed by atoms with Crippen LogP contribution in [0.1, 0.15) is 43.7 Å². The number of ketones is 1. The topological polar surface area (TPSA) is 52.6 Å². The van der Waals surface area contributed by atoms with Crippen LogP contribution in [0.25, 0.3) is 0 Å². The smallest absolute Gasteiger partial charge is 0.306 e. The zero-order chi connectivity index (χ0) is 16.3. The number of hydrogen-bond donors (Lipinski definition) is 0. The molecule has 4 nitrogen and oxygen atoms in total. The van der Waals surface area contributed by atoms with Gasteiger partial charge < -0.3 is 9.47 Å². The number of rotatable bonds is 5. The first-order chi connectivity index (χ1) is 10.4. The highest BCUT2D eigenvalue weighted by Gasteiger charge is 2.40. The van der Waals surface area contributed by atoms with Gasteiger partial charge in [0, 0.05) is 5.56 Å². The van der Waals surface area contributed by atoms with E-state index in [0.717, 1.165) is 16.9 Å². The van der Waals surface area contributed by atoms with E-state index in [1.165, 1.54) is 7.11 Å². The standard InChI is InChI=1S/C17H21BrO4/c1-11(9-15(20)21-3)12-5-4-6-13-16(12)22-8-7-17(13,2)14(19)10-18/h4-6,11H,7-10H2,1-3H3/t11-,17+/m0/s1. The normalized spacial score (nSPS) is 21.5. The highest BCUT2D eigenvalue weighted by Crippen LogP contribution is 2.44. The number of alkyl halides is 1. The van der Waals surface area contributed by atoms with Crippen LogP contribution in [0.5, 0.6) is 5.75 Å². The van der Waals surface area contributed by atoms with E-state index in [2.05, 4.69) is 15.9 Å². The molecule has 2 atom stereocenters. The molecule has 1 heterocycles. The van der Waals surface area contributed by atoms with E-state index in [0.29, 0.717) is 24.8 Å². The van der Waals surface area contributed by atoms with E-state index in [9.17, 15) is 9.59 Å². The largest absolute Gasteiger partial charge is 0.493 e. The summed E-state index contributed by atoms with van der Waals surface area (Å²) in [5.74, 6) is 0.626. The Morgan fingerprint density at radius 1 is 1.45 bits per heavy atom. The summed E-state index contributed by atoms with van der Waals surface area (Å²) in [5.41, 5.74) is 1.33. The van der Waals surface area contributed by atoms with Gasteiger partial charge in [0.1, 0.15) is 5.75 Å². The van der Waals surface area contributed by atoms with E-state index in [-0.39, 0.29) is 17.7 Å². The maximum atomic E-state index is 12.4. The van der Waals surface area contributed by atoms with Crippen molar-refractivity contribution < 1.29 is 19.1 Å². The average Bonchev–Trinajstić information content (AvgIpc) is 2.53. The number of methoxy groups -OCH3 is 1. The van der Waals surface area contributed by atoms with Crippen LogP contribution in [-0.2, 0) is 19.7 Å². The first kappa shape index (κ1) is 17.0. The lowest BCUT2D eigenvalue weighted by molar-refractivity contribution is -0.141. The Balaban J connectivity index is 2.43. The van der Waals surface area contributed by atoms with Crippen molar-refractivity contribution in [1.82, 2.24) is 0 Å². The van der Waals surface area contributed by atoms with Crippen LogP contribution >= 0.6 is 15.9 Å². The van der Waals surface area contributed by atoms with Gasteiger partial charge >= 0.3 is 5.97 Å². The number of benzene rings is 1. The monoisotopic (exact) mass is 368 g/mol. The molecule has 0 aliphatic carbocycles. The molecule has 0 aromatic heterocycles. The van der Waals surface area contributed by atoms with Crippen LogP contribution in [0.2, 0.25) is 0 Å². The predicted octanol–water partition coefficient (Wildman–Crippen LogP) is 3.36. The summed E-state index contributed by atoms with van der Waals surface area (Å²) >= 11 is 3.28. The summed E-state index contributed by atoms with van der Waals surface area (Å²) in [6.45, 7) is 4.44. The molecule has 0 fully saturated rings. The van der Waals surface area contributed by atoms with Crippen LogP contribution < -0.4 is 4.74 Å². The Morgan fingerprint density at radius 2 is 2.18 bits per heavy atom. The quantitative estimate of drug-likeness (QED) is 0.590. The molecule has 1 aliphatic heterocycles. The molecule has 1 aromatic rings. The second kappa shape index (κ2) is 6.82. The molecule has 0 saturated carbocycles. The molecule has 0 bridgehead atoms. The van der Waals surface area contributed by atoms with E-state index in [1.54, 1.807) is 0 Å². The molecule has 120 valence electrons. The fourth-order valence-corrected chi connectivity index (χ4v) is 3.53. The number of esters is 1. The molecule has 2 rings (SSSR count). The lowest BCUT2D eigenvalue weighted by Crippen LogP contribution is -2.39. The van der Waals surface area contributed by atoms with Crippen LogP contribution in [0.4, 0.5) is 0 Å². The van der Waals surface area contributed by atoms with Crippen LogP contribution in [0.3, 0.4) is 0 Å². The fourth-order valence-electron chi connectivity index (χ4n) is 2.91. The summed E-state index contributed by atoms with van der Waals surface area (Å²) in [5, 5.41) is 0.324. The lowest BCUT2D eigenvalue weighted by Gasteiger charge is -2.35. The maximum absolute atomic E-state index is 12.4. The third kappa shape index (κ3) is 3.05. The van der Waals surface area contributed by atoms with Gasteiger partial charge in [-0.15, -0.1) is 0 Å². The second-order valence-corrected chi connectivity index (χ2v) is 6.45. The van der Waals surface area contributed by atoms with Crippen molar-refractivity contribution in [3.63, 3.8) is 0 Å². The van der Waals surface area contributed by atoms with Gasteiger partial charge in [0.15, 0.2) is 5.78 Å². The van der Waals surface area contributed by atoms with Gasteiger partial charge in [-0.1, -0.05) is 41.1 Å². The van der Waals surface area contributed by atoms with Crippen molar-refractivity contribution in [3.05, 3.63) is 29.3 Å². The molecule has 1 aromatic carbocycles. The number of para-hydroxylation sites is 1. The number of ether oxygens (including phenoxy) is 2. The van der Waals surface area contributed by atoms with Crippen molar-refractivity contribution in [2.24, 2.45) is 0 Å². The number of Topliss-reactive ketones (excluding diaryl/α,β-unsaturated/α-hetero) is 1. The molecule has 0 unspecified atom stereocenters. The number of fused-ring (bicyclic) bond motifs is 1. The molecular formula is C17H21BrO4. The van der Waals surface area contributed by atoms with Gasteiger partial charge in [0.25, 0.3) is 0 Å². The molecular weight excluding hydrogens is 348 g/mol. The molecule has 0 N–H and O–H groups in total. The minimum Gasteiger partial charge on any atom is -0.493 e. The summed E-state index contributed by atoms with van der Waals surface area (Å²) in [6.07, 6.45) is 0.957. The van der Waals surface area contributed by atoms with E-state index in [4.69, 9.17) is 9.47 Å².